The second kappa shape index (κ2) is 8.24. The fourth-order valence-electron chi connectivity index (χ4n) is 1.78. The van der Waals surface area contributed by atoms with Gasteiger partial charge >= 0.3 is 0 Å². The Bertz CT molecular complexity index is 558. The number of nitrogens with one attached hydrogen (secondary N) is 2. The molecule has 0 fully saturated rings. The third kappa shape index (κ3) is 6.82. The van der Waals surface area contributed by atoms with Gasteiger partial charge in [0.05, 0.1) is 12.2 Å². The van der Waals surface area contributed by atoms with Crippen LogP contribution in [0, 0.1) is 5.92 Å². The van der Waals surface area contributed by atoms with Crippen molar-refractivity contribution in [3.63, 3.8) is 0 Å². The van der Waals surface area contributed by atoms with Crippen LogP contribution in [0.25, 0.3) is 0 Å². The molecule has 7 heteroatoms. The summed E-state index contributed by atoms with van der Waals surface area (Å²) in [6.45, 7) is 4.23. The van der Waals surface area contributed by atoms with Gasteiger partial charge in [-0.1, -0.05) is 19.1 Å². The van der Waals surface area contributed by atoms with Gasteiger partial charge < -0.3 is 5.32 Å². The lowest BCUT2D eigenvalue weighted by Gasteiger charge is -2.11. The van der Waals surface area contributed by atoms with Crippen molar-refractivity contribution in [2.24, 2.45) is 5.92 Å². The number of carbonyl (C=O) groups excluding carboxylic acids is 1. The Labute approximate surface area is 131 Å². The van der Waals surface area contributed by atoms with Crippen molar-refractivity contribution in [1.82, 2.24) is 5.32 Å². The van der Waals surface area contributed by atoms with Gasteiger partial charge in [-0.3, -0.25) is 9.52 Å². The van der Waals surface area contributed by atoms with Gasteiger partial charge in [0.1, 0.15) is 0 Å². The molecule has 0 saturated heterocycles. The minimum atomic E-state index is -3.40. The van der Waals surface area contributed by atoms with E-state index in [0.717, 1.165) is 5.56 Å². The predicted molar refractivity (Wildman–Crippen MR) is 86.1 cm³/mol. The normalized spacial score (nSPS) is 12.7. The van der Waals surface area contributed by atoms with Gasteiger partial charge in [0.25, 0.3) is 0 Å². The van der Waals surface area contributed by atoms with Crippen LogP contribution < -0.4 is 10.0 Å². The number of hydrogen-bond donors (Lipinski definition) is 2. The maximum atomic E-state index is 11.9. The molecule has 1 rings (SSSR count). The Kier molecular flexibility index (Phi) is 6.98. The van der Waals surface area contributed by atoms with E-state index in [1.807, 2.05) is 6.92 Å². The number of likely N-dealkylation sites (N-methyl/N-ethyl adjacent to an activating group) is 1. The topological polar surface area (TPSA) is 75.3 Å². The maximum Gasteiger partial charge on any atom is 0.233 e. The van der Waals surface area contributed by atoms with E-state index in [9.17, 15) is 13.2 Å². The number of rotatable bonds is 8. The highest BCUT2D eigenvalue weighted by Gasteiger charge is 2.15. The van der Waals surface area contributed by atoms with E-state index in [4.69, 9.17) is 11.6 Å². The quantitative estimate of drug-likeness (QED) is 0.715. The molecular weight excluding hydrogens is 312 g/mol. The smallest absolute Gasteiger partial charge is 0.233 e. The summed E-state index contributed by atoms with van der Waals surface area (Å²) in [4.78, 5) is 11.4. The largest absolute Gasteiger partial charge is 0.356 e. The van der Waals surface area contributed by atoms with Crippen molar-refractivity contribution < 1.29 is 13.2 Å². The summed E-state index contributed by atoms with van der Waals surface area (Å²) in [7, 11) is -3.40. The summed E-state index contributed by atoms with van der Waals surface area (Å²) in [5.74, 6) is 0.117. The van der Waals surface area contributed by atoms with Crippen LogP contribution in [0.3, 0.4) is 0 Å². The van der Waals surface area contributed by atoms with Gasteiger partial charge in [-0.25, -0.2) is 8.42 Å². The average molecular weight is 333 g/mol. The molecule has 0 aromatic heterocycles. The maximum absolute atomic E-state index is 11.9. The van der Waals surface area contributed by atoms with Crippen molar-refractivity contribution in [1.29, 1.82) is 0 Å². The SMILES string of the molecule is CCNC(=O)Cc1ccc(NS(=O)(=O)CC(C)CCl)cc1. The minimum absolute atomic E-state index is 0.0167. The number of anilines is 1. The first-order valence-corrected chi connectivity index (χ1v) is 8.97. The van der Waals surface area contributed by atoms with Gasteiger partial charge in [0.2, 0.25) is 15.9 Å². The molecule has 2 N–H and O–H groups in total. The summed E-state index contributed by atoms with van der Waals surface area (Å²) in [6, 6.07) is 6.77. The Morgan fingerprint density at radius 1 is 1.29 bits per heavy atom. The lowest BCUT2D eigenvalue weighted by molar-refractivity contribution is -0.120. The van der Waals surface area contributed by atoms with E-state index >= 15 is 0 Å². The first-order chi connectivity index (χ1) is 9.86. The molecule has 0 radical (unpaired) electrons. The minimum Gasteiger partial charge on any atom is -0.356 e. The fraction of sp³-hybridized carbons (Fsp3) is 0.500. The summed E-state index contributed by atoms with van der Waals surface area (Å²) < 4.78 is 26.3. The van der Waals surface area contributed by atoms with Crippen LogP contribution in [0.5, 0.6) is 0 Å². The number of carbonyl (C=O) groups is 1. The van der Waals surface area contributed by atoms with E-state index in [0.29, 0.717) is 18.1 Å². The molecule has 1 atom stereocenters. The Balaban J connectivity index is 2.64. The molecule has 0 bridgehead atoms. The van der Waals surface area contributed by atoms with Gasteiger partial charge in [-0.05, 0) is 30.5 Å². The van der Waals surface area contributed by atoms with Crippen LogP contribution in [-0.2, 0) is 21.2 Å². The number of sulfonamides is 1. The van der Waals surface area contributed by atoms with Crippen LogP contribution in [-0.4, -0.2) is 32.5 Å². The molecule has 0 saturated carbocycles. The molecule has 0 aliphatic rings. The second-order valence-corrected chi connectivity index (χ2v) is 7.05. The van der Waals surface area contributed by atoms with Crippen molar-refractivity contribution in [2.45, 2.75) is 20.3 Å². The van der Waals surface area contributed by atoms with Crippen molar-refractivity contribution >= 4 is 33.2 Å². The van der Waals surface area contributed by atoms with Crippen LogP contribution in [0.15, 0.2) is 24.3 Å². The number of halogens is 1. The molecule has 5 nitrogen and oxygen atoms in total. The molecule has 118 valence electrons. The number of alkyl halides is 1. The first kappa shape index (κ1) is 17.8. The number of hydrogen-bond acceptors (Lipinski definition) is 3. The fourth-order valence-corrected chi connectivity index (χ4v) is 3.46. The monoisotopic (exact) mass is 332 g/mol. The van der Waals surface area contributed by atoms with Crippen molar-refractivity contribution in [3.05, 3.63) is 29.8 Å². The highest BCUT2D eigenvalue weighted by atomic mass is 35.5. The zero-order valence-corrected chi connectivity index (χ0v) is 13.8. The Hall–Kier alpha value is -1.27. The lowest BCUT2D eigenvalue weighted by Crippen LogP contribution is -2.24. The number of benzene rings is 1. The molecule has 0 aliphatic heterocycles. The van der Waals surface area contributed by atoms with E-state index in [1.165, 1.54) is 0 Å². The van der Waals surface area contributed by atoms with Crippen LogP contribution in [0.2, 0.25) is 0 Å². The van der Waals surface area contributed by atoms with Gasteiger partial charge in [0.15, 0.2) is 0 Å². The van der Waals surface area contributed by atoms with E-state index in [2.05, 4.69) is 10.0 Å². The van der Waals surface area contributed by atoms with E-state index in [-0.39, 0.29) is 24.0 Å². The standard InChI is InChI=1S/C14H21ClN2O3S/c1-3-16-14(18)8-12-4-6-13(7-5-12)17-21(19,20)10-11(2)9-15/h4-7,11,17H,3,8-10H2,1-2H3,(H,16,18). The van der Waals surface area contributed by atoms with Gasteiger partial charge in [0, 0.05) is 18.1 Å². The molecule has 1 aromatic carbocycles. The summed E-state index contributed by atoms with van der Waals surface area (Å²) in [5.41, 5.74) is 1.31. The van der Waals surface area contributed by atoms with E-state index < -0.39 is 10.0 Å². The van der Waals surface area contributed by atoms with Crippen LogP contribution >= 0.6 is 11.6 Å². The lowest BCUT2D eigenvalue weighted by atomic mass is 10.1. The van der Waals surface area contributed by atoms with Crippen molar-refractivity contribution in [2.75, 3.05) is 22.9 Å². The van der Waals surface area contributed by atoms with Crippen molar-refractivity contribution in [3.8, 4) is 0 Å². The Morgan fingerprint density at radius 2 is 1.90 bits per heavy atom. The Morgan fingerprint density at radius 3 is 2.43 bits per heavy atom. The zero-order valence-electron chi connectivity index (χ0n) is 12.2. The van der Waals surface area contributed by atoms with E-state index in [1.54, 1.807) is 31.2 Å². The molecule has 0 heterocycles. The first-order valence-electron chi connectivity index (χ1n) is 6.78. The second-order valence-electron chi connectivity index (χ2n) is 4.97. The summed E-state index contributed by atoms with van der Waals surface area (Å²) in [5, 5.41) is 2.71. The third-order valence-electron chi connectivity index (χ3n) is 2.73. The molecule has 0 aliphatic carbocycles. The van der Waals surface area contributed by atoms with Crippen LogP contribution in [0.4, 0.5) is 5.69 Å². The summed E-state index contributed by atoms with van der Waals surface area (Å²) >= 11 is 5.63. The van der Waals surface area contributed by atoms with Crippen LogP contribution in [0.1, 0.15) is 19.4 Å². The zero-order chi connectivity index (χ0) is 15.9. The average Bonchev–Trinajstić information content (AvgIpc) is 2.40. The highest BCUT2D eigenvalue weighted by Crippen LogP contribution is 2.13. The molecule has 1 aromatic rings. The highest BCUT2D eigenvalue weighted by molar-refractivity contribution is 7.92. The molecule has 0 spiro atoms. The predicted octanol–water partition coefficient (Wildman–Crippen LogP) is 1.98. The molecule has 1 amide bonds. The summed E-state index contributed by atoms with van der Waals surface area (Å²) in [6.07, 6.45) is 0.282. The molecule has 1 unspecified atom stereocenters. The molecule has 21 heavy (non-hydrogen) atoms. The van der Waals surface area contributed by atoms with Gasteiger partial charge in [-0.15, -0.1) is 11.6 Å². The third-order valence-corrected chi connectivity index (χ3v) is 4.81. The van der Waals surface area contributed by atoms with Gasteiger partial charge in [-0.2, -0.15) is 0 Å². The number of amides is 1. The molecular formula is C14H21ClN2O3S.